The largest absolute Gasteiger partial charge is 0.361 e. The van der Waals surface area contributed by atoms with E-state index < -0.39 is 17.4 Å². The van der Waals surface area contributed by atoms with Crippen molar-refractivity contribution >= 4 is 0 Å². The summed E-state index contributed by atoms with van der Waals surface area (Å²) < 4.78 is 0. The monoisotopic (exact) mass is 264 g/mol. The Kier molecular flexibility index (Phi) is 5.11. The first-order chi connectivity index (χ1) is 8.21. The minimum Gasteiger partial charge on any atom is -0.361 e. The molecule has 0 aromatic heterocycles. The molecule has 0 radical (unpaired) electrons. The molecule has 0 amide bonds. The van der Waals surface area contributed by atoms with Gasteiger partial charge in [-0.3, -0.25) is 0 Å². The summed E-state index contributed by atoms with van der Waals surface area (Å²) in [6.07, 6.45) is 4.51. The van der Waals surface area contributed by atoms with Crippen molar-refractivity contribution in [3.05, 3.63) is 0 Å². The third kappa shape index (κ3) is 3.40. The van der Waals surface area contributed by atoms with E-state index in [9.17, 15) is 30.6 Å². The van der Waals surface area contributed by atoms with E-state index in [1.54, 1.807) is 0 Å². The molecule has 1 rings (SSSR count). The minimum atomic E-state index is -3.36. The topological polar surface area (TPSA) is 121 Å². The Morgan fingerprint density at radius 2 is 0.722 bits per heavy atom. The molecule has 0 aromatic carbocycles. The summed E-state index contributed by atoms with van der Waals surface area (Å²) in [5, 5.41) is 58.0. The van der Waals surface area contributed by atoms with E-state index in [2.05, 4.69) is 0 Å². The zero-order valence-corrected chi connectivity index (χ0v) is 10.5. The summed E-state index contributed by atoms with van der Waals surface area (Å²) in [5.74, 6) is -9.23. The smallest absolute Gasteiger partial charge is 0.274 e. The second-order valence-corrected chi connectivity index (χ2v) is 5.28. The summed E-state index contributed by atoms with van der Waals surface area (Å²) in [6.45, 7) is 0. The van der Waals surface area contributed by atoms with E-state index in [0.29, 0.717) is 12.8 Å². The van der Waals surface area contributed by atoms with Gasteiger partial charge in [0.25, 0.3) is 5.79 Å². The van der Waals surface area contributed by atoms with Crippen molar-refractivity contribution in [3.63, 3.8) is 0 Å². The van der Waals surface area contributed by atoms with Crippen LogP contribution < -0.4 is 0 Å². The molecule has 6 N–H and O–H groups in total. The van der Waals surface area contributed by atoms with Gasteiger partial charge in [-0.05, 0) is 12.8 Å². The van der Waals surface area contributed by atoms with Crippen molar-refractivity contribution in [2.24, 2.45) is 0 Å². The lowest BCUT2D eigenvalue weighted by Gasteiger charge is -2.43. The maximum Gasteiger partial charge on any atom is 0.274 e. The van der Waals surface area contributed by atoms with Gasteiger partial charge in [0.15, 0.2) is 0 Å². The van der Waals surface area contributed by atoms with Crippen LogP contribution in [-0.4, -0.2) is 48.0 Å². The molecule has 1 aliphatic carbocycles. The van der Waals surface area contributed by atoms with Crippen molar-refractivity contribution in [2.45, 2.75) is 75.1 Å². The highest BCUT2D eigenvalue weighted by atomic mass is 16.7. The first-order valence-electron chi connectivity index (χ1n) is 6.55. The van der Waals surface area contributed by atoms with Crippen LogP contribution in [0, 0.1) is 0 Å². The molecule has 0 unspecified atom stereocenters. The van der Waals surface area contributed by atoms with Crippen LogP contribution in [0.2, 0.25) is 0 Å². The van der Waals surface area contributed by atoms with E-state index in [-0.39, 0.29) is 12.8 Å². The first kappa shape index (κ1) is 15.8. The van der Waals surface area contributed by atoms with Gasteiger partial charge in [-0.15, -0.1) is 0 Å². The molecule has 6 nitrogen and oxygen atoms in total. The Morgan fingerprint density at radius 3 is 1.06 bits per heavy atom. The Labute approximate surface area is 107 Å². The Hall–Kier alpha value is -0.240. The molecule has 0 spiro atoms. The number of hydrogen-bond donors (Lipinski definition) is 6. The molecule has 0 aromatic rings. The minimum absolute atomic E-state index is 0.317. The molecule has 1 fully saturated rings. The summed E-state index contributed by atoms with van der Waals surface area (Å²) in [7, 11) is 0. The summed E-state index contributed by atoms with van der Waals surface area (Å²) in [6, 6.07) is 0. The van der Waals surface area contributed by atoms with Gasteiger partial charge in [-0.25, -0.2) is 0 Å². The zero-order valence-electron chi connectivity index (χ0n) is 10.5. The van der Waals surface area contributed by atoms with Crippen molar-refractivity contribution in [1.29, 1.82) is 0 Å². The van der Waals surface area contributed by atoms with Gasteiger partial charge < -0.3 is 30.6 Å². The van der Waals surface area contributed by atoms with Gasteiger partial charge in [-0.1, -0.05) is 32.1 Å². The van der Waals surface area contributed by atoms with Crippen LogP contribution in [0.15, 0.2) is 0 Å². The van der Waals surface area contributed by atoms with Gasteiger partial charge in [0.05, 0.1) is 0 Å². The standard InChI is InChI=1S/C12H24O6/c13-10(14)8-6-4-2-1-3-5-7-9-11(15,16)12(10,17)18/h13-18H,1-9H2. The van der Waals surface area contributed by atoms with Crippen LogP contribution in [0.4, 0.5) is 0 Å². The van der Waals surface area contributed by atoms with Crippen molar-refractivity contribution in [2.75, 3.05) is 0 Å². The predicted molar refractivity (Wildman–Crippen MR) is 63.1 cm³/mol. The molecule has 0 heterocycles. The van der Waals surface area contributed by atoms with Crippen LogP contribution in [-0.2, 0) is 0 Å². The molecule has 0 bridgehead atoms. The Morgan fingerprint density at radius 1 is 0.444 bits per heavy atom. The molecular weight excluding hydrogens is 240 g/mol. The SMILES string of the molecule is OC1(O)CCCCCCCCCC(O)(O)C1(O)O. The van der Waals surface area contributed by atoms with Crippen LogP contribution in [0.5, 0.6) is 0 Å². The second kappa shape index (κ2) is 5.81. The lowest BCUT2D eigenvalue weighted by molar-refractivity contribution is -0.454. The quantitative estimate of drug-likeness (QED) is 0.330. The maximum absolute atomic E-state index is 9.67. The Bertz CT molecular complexity index is 237. The highest BCUT2D eigenvalue weighted by Gasteiger charge is 2.60. The summed E-state index contributed by atoms with van der Waals surface area (Å²) in [4.78, 5) is 0. The number of hydrogen-bond acceptors (Lipinski definition) is 6. The van der Waals surface area contributed by atoms with Crippen LogP contribution in [0.1, 0.15) is 57.8 Å². The molecule has 0 atom stereocenters. The van der Waals surface area contributed by atoms with Gasteiger partial charge >= 0.3 is 0 Å². The fraction of sp³-hybridized carbons (Fsp3) is 1.00. The second-order valence-electron chi connectivity index (χ2n) is 5.28. The number of rotatable bonds is 0. The molecule has 1 aliphatic rings. The number of aliphatic hydroxyl groups is 6. The molecule has 18 heavy (non-hydrogen) atoms. The van der Waals surface area contributed by atoms with Crippen LogP contribution in [0.3, 0.4) is 0 Å². The first-order valence-corrected chi connectivity index (χ1v) is 6.55. The molecule has 6 heteroatoms. The van der Waals surface area contributed by atoms with Gasteiger partial charge in [0, 0.05) is 12.8 Å². The van der Waals surface area contributed by atoms with E-state index in [1.165, 1.54) is 0 Å². The highest BCUT2D eigenvalue weighted by molar-refractivity contribution is 4.93. The van der Waals surface area contributed by atoms with Gasteiger partial charge in [0.2, 0.25) is 11.6 Å². The van der Waals surface area contributed by atoms with Crippen molar-refractivity contribution in [1.82, 2.24) is 0 Å². The normalized spacial score (nSPS) is 29.0. The molecule has 108 valence electrons. The Balaban J connectivity index is 2.83. The molecular formula is C12H24O6. The predicted octanol–water partition coefficient (Wildman–Crippen LogP) is -0.446. The third-order valence-corrected chi connectivity index (χ3v) is 3.67. The van der Waals surface area contributed by atoms with E-state index in [4.69, 9.17) is 0 Å². The fourth-order valence-corrected chi connectivity index (χ4v) is 2.30. The van der Waals surface area contributed by atoms with E-state index in [0.717, 1.165) is 32.1 Å². The molecule has 0 aliphatic heterocycles. The van der Waals surface area contributed by atoms with E-state index in [1.807, 2.05) is 0 Å². The fourth-order valence-electron chi connectivity index (χ4n) is 2.30. The summed E-state index contributed by atoms with van der Waals surface area (Å²) >= 11 is 0. The van der Waals surface area contributed by atoms with Crippen LogP contribution >= 0.6 is 0 Å². The lowest BCUT2D eigenvalue weighted by atomic mass is 9.87. The third-order valence-electron chi connectivity index (χ3n) is 3.67. The summed E-state index contributed by atoms with van der Waals surface area (Å²) in [5.41, 5.74) is 0. The average molecular weight is 264 g/mol. The van der Waals surface area contributed by atoms with Gasteiger partial charge in [-0.2, -0.15) is 0 Å². The zero-order chi connectivity index (χ0) is 13.9. The molecule has 1 saturated carbocycles. The lowest BCUT2D eigenvalue weighted by Crippen LogP contribution is -2.68. The van der Waals surface area contributed by atoms with Gasteiger partial charge in [0.1, 0.15) is 0 Å². The van der Waals surface area contributed by atoms with Crippen molar-refractivity contribution < 1.29 is 30.6 Å². The maximum atomic E-state index is 9.67. The van der Waals surface area contributed by atoms with E-state index >= 15 is 0 Å². The highest BCUT2D eigenvalue weighted by Crippen LogP contribution is 2.35. The average Bonchev–Trinajstić information content (AvgIpc) is 2.25. The van der Waals surface area contributed by atoms with Crippen molar-refractivity contribution in [3.8, 4) is 0 Å². The van der Waals surface area contributed by atoms with Crippen LogP contribution in [0.25, 0.3) is 0 Å². The molecule has 0 saturated heterocycles.